The Morgan fingerprint density at radius 1 is 1.39 bits per heavy atom. The van der Waals surface area contributed by atoms with Crippen molar-refractivity contribution in [2.45, 2.75) is 19.1 Å². The summed E-state index contributed by atoms with van der Waals surface area (Å²) >= 11 is 0. The molecule has 0 aliphatic rings. The number of benzene rings is 1. The second-order valence-corrected chi connectivity index (χ2v) is 6.12. The first kappa shape index (κ1) is 14.4. The molecule has 0 amide bonds. The summed E-state index contributed by atoms with van der Waals surface area (Å²) in [6.07, 6.45) is 0. The first-order chi connectivity index (χ1) is 8.27. The van der Waals surface area contributed by atoms with Crippen molar-refractivity contribution >= 4 is 21.7 Å². The van der Waals surface area contributed by atoms with Crippen LogP contribution in [0.4, 0.5) is 10.1 Å². The summed E-state index contributed by atoms with van der Waals surface area (Å²) in [6, 6.07) is 3.32. The molecule has 0 atom stereocenters. The van der Waals surface area contributed by atoms with Crippen LogP contribution in [0.2, 0.25) is 0 Å². The highest BCUT2D eigenvalue weighted by Gasteiger charge is 2.18. The number of sulfonamides is 1. The number of methoxy groups -OCH3 is 1. The lowest BCUT2D eigenvalue weighted by atomic mass is 10.2. The Labute approximate surface area is 105 Å². The maximum Gasteiger partial charge on any atom is 0.337 e. The predicted molar refractivity (Wildman–Crippen MR) is 65.4 cm³/mol. The SMILES string of the molecule is COC(=O)c1ccc(F)c(NS(=O)(=O)C(C)C)c1. The summed E-state index contributed by atoms with van der Waals surface area (Å²) in [5, 5.41) is -0.710. The fourth-order valence-electron chi connectivity index (χ4n) is 1.12. The number of rotatable bonds is 4. The molecule has 0 unspecified atom stereocenters. The third-order valence-electron chi connectivity index (χ3n) is 2.26. The number of nitrogens with one attached hydrogen (secondary N) is 1. The van der Waals surface area contributed by atoms with Gasteiger partial charge in [0, 0.05) is 0 Å². The molecule has 7 heteroatoms. The number of ether oxygens (including phenoxy) is 1. The summed E-state index contributed by atoms with van der Waals surface area (Å²) in [6.45, 7) is 2.93. The van der Waals surface area contributed by atoms with Crippen LogP contribution in [-0.2, 0) is 14.8 Å². The van der Waals surface area contributed by atoms with Crippen molar-refractivity contribution in [3.05, 3.63) is 29.6 Å². The molecular weight excluding hydrogens is 261 g/mol. The minimum Gasteiger partial charge on any atom is -0.465 e. The summed E-state index contributed by atoms with van der Waals surface area (Å²) < 4.78 is 43.2. The lowest BCUT2D eigenvalue weighted by molar-refractivity contribution is 0.0600. The summed E-state index contributed by atoms with van der Waals surface area (Å²) in [4.78, 5) is 11.3. The molecule has 5 nitrogen and oxygen atoms in total. The summed E-state index contributed by atoms with van der Waals surface area (Å²) in [5.41, 5.74) is -0.202. The molecule has 1 aromatic rings. The standard InChI is InChI=1S/C11H14FNO4S/c1-7(2)18(15,16)13-10-6-8(11(14)17-3)4-5-9(10)12/h4-7,13H,1-3H3. The highest BCUT2D eigenvalue weighted by molar-refractivity contribution is 7.93. The van der Waals surface area contributed by atoms with Crippen LogP contribution in [0.1, 0.15) is 24.2 Å². The normalized spacial score (nSPS) is 11.4. The Bertz CT molecular complexity index is 554. The van der Waals surface area contributed by atoms with Crippen LogP contribution in [0.25, 0.3) is 0 Å². The van der Waals surface area contributed by atoms with Crippen LogP contribution in [0.15, 0.2) is 18.2 Å². The molecule has 1 N–H and O–H groups in total. The number of halogens is 1. The molecule has 100 valence electrons. The molecule has 0 aliphatic carbocycles. The lowest BCUT2D eigenvalue weighted by Gasteiger charge is -2.12. The van der Waals surface area contributed by atoms with E-state index in [4.69, 9.17) is 0 Å². The Hall–Kier alpha value is -1.63. The highest BCUT2D eigenvalue weighted by Crippen LogP contribution is 2.19. The van der Waals surface area contributed by atoms with Crippen LogP contribution >= 0.6 is 0 Å². The maximum atomic E-state index is 13.5. The van der Waals surface area contributed by atoms with Crippen molar-refractivity contribution in [3.63, 3.8) is 0 Å². The molecule has 0 bridgehead atoms. The Kier molecular flexibility index (Phi) is 4.28. The van der Waals surface area contributed by atoms with Gasteiger partial charge in [-0.1, -0.05) is 0 Å². The zero-order valence-corrected chi connectivity index (χ0v) is 11.0. The molecule has 0 saturated carbocycles. The Morgan fingerprint density at radius 2 is 2.00 bits per heavy atom. The third kappa shape index (κ3) is 3.19. The van der Waals surface area contributed by atoms with E-state index in [9.17, 15) is 17.6 Å². The van der Waals surface area contributed by atoms with Crippen molar-refractivity contribution in [3.8, 4) is 0 Å². The number of anilines is 1. The molecule has 0 aromatic heterocycles. The van der Waals surface area contributed by atoms with Crippen LogP contribution in [0.3, 0.4) is 0 Å². The van der Waals surface area contributed by atoms with E-state index in [-0.39, 0.29) is 11.3 Å². The van der Waals surface area contributed by atoms with Gasteiger partial charge in [0.25, 0.3) is 0 Å². The number of hydrogen-bond acceptors (Lipinski definition) is 4. The fourth-order valence-corrected chi connectivity index (χ4v) is 1.82. The van der Waals surface area contributed by atoms with Gasteiger partial charge >= 0.3 is 5.97 Å². The van der Waals surface area contributed by atoms with Gasteiger partial charge in [-0.15, -0.1) is 0 Å². The first-order valence-electron chi connectivity index (χ1n) is 5.17. The van der Waals surface area contributed by atoms with E-state index in [1.165, 1.54) is 27.0 Å². The van der Waals surface area contributed by atoms with Gasteiger partial charge < -0.3 is 4.74 Å². The van der Waals surface area contributed by atoms with Crippen molar-refractivity contribution in [2.75, 3.05) is 11.8 Å². The van der Waals surface area contributed by atoms with Gasteiger partial charge in [0.1, 0.15) is 5.82 Å². The average molecular weight is 275 g/mol. The van der Waals surface area contributed by atoms with Crippen molar-refractivity contribution in [2.24, 2.45) is 0 Å². The third-order valence-corrected chi connectivity index (χ3v) is 4.01. The molecule has 0 heterocycles. The first-order valence-corrected chi connectivity index (χ1v) is 6.72. The van der Waals surface area contributed by atoms with Crippen molar-refractivity contribution in [1.29, 1.82) is 0 Å². The van der Waals surface area contributed by atoms with Crippen LogP contribution in [-0.4, -0.2) is 26.7 Å². The lowest BCUT2D eigenvalue weighted by Crippen LogP contribution is -2.23. The zero-order chi connectivity index (χ0) is 13.9. The van der Waals surface area contributed by atoms with Crippen molar-refractivity contribution < 1.29 is 22.3 Å². The van der Waals surface area contributed by atoms with E-state index < -0.39 is 27.1 Å². The molecule has 0 radical (unpaired) electrons. The van der Waals surface area contributed by atoms with Gasteiger partial charge in [-0.3, -0.25) is 4.72 Å². The number of esters is 1. The van der Waals surface area contributed by atoms with Gasteiger partial charge in [-0.2, -0.15) is 0 Å². The molecule has 1 rings (SSSR count). The molecular formula is C11H14FNO4S. The number of carbonyl (C=O) groups excluding carboxylic acids is 1. The molecule has 1 aromatic carbocycles. The predicted octanol–water partition coefficient (Wildman–Crippen LogP) is 1.76. The van der Waals surface area contributed by atoms with Gasteiger partial charge in [-0.05, 0) is 32.0 Å². The fraction of sp³-hybridized carbons (Fsp3) is 0.364. The minimum atomic E-state index is -3.67. The van der Waals surface area contributed by atoms with Gasteiger partial charge in [0.15, 0.2) is 0 Å². The van der Waals surface area contributed by atoms with Gasteiger partial charge in [0.2, 0.25) is 10.0 Å². The second kappa shape index (κ2) is 5.34. The highest BCUT2D eigenvalue weighted by atomic mass is 32.2. The molecule has 0 fully saturated rings. The minimum absolute atomic E-state index is 0.0698. The average Bonchev–Trinajstić information content (AvgIpc) is 2.30. The Balaban J connectivity index is 3.13. The zero-order valence-electron chi connectivity index (χ0n) is 10.2. The number of carbonyl (C=O) groups is 1. The van der Waals surface area contributed by atoms with Gasteiger partial charge in [-0.25, -0.2) is 17.6 Å². The van der Waals surface area contributed by atoms with Crippen LogP contribution in [0, 0.1) is 5.82 Å². The van der Waals surface area contributed by atoms with Crippen molar-refractivity contribution in [1.82, 2.24) is 0 Å². The van der Waals surface area contributed by atoms with E-state index >= 15 is 0 Å². The summed E-state index contributed by atoms with van der Waals surface area (Å²) in [7, 11) is -2.48. The Morgan fingerprint density at radius 3 is 2.50 bits per heavy atom. The molecule has 0 saturated heterocycles. The quantitative estimate of drug-likeness (QED) is 0.850. The smallest absolute Gasteiger partial charge is 0.337 e. The molecule has 18 heavy (non-hydrogen) atoms. The van der Waals surface area contributed by atoms with E-state index in [0.29, 0.717) is 0 Å². The van der Waals surface area contributed by atoms with Crippen LogP contribution in [0.5, 0.6) is 0 Å². The second-order valence-electron chi connectivity index (χ2n) is 3.88. The monoisotopic (exact) mass is 275 g/mol. The molecule has 0 spiro atoms. The topological polar surface area (TPSA) is 72.5 Å². The number of hydrogen-bond donors (Lipinski definition) is 1. The van der Waals surface area contributed by atoms with E-state index in [2.05, 4.69) is 9.46 Å². The molecule has 0 aliphatic heterocycles. The van der Waals surface area contributed by atoms with Crippen LogP contribution < -0.4 is 4.72 Å². The largest absolute Gasteiger partial charge is 0.465 e. The van der Waals surface area contributed by atoms with Gasteiger partial charge in [0.05, 0.1) is 23.6 Å². The summed E-state index contributed by atoms with van der Waals surface area (Å²) in [5.74, 6) is -1.42. The van der Waals surface area contributed by atoms with E-state index in [0.717, 1.165) is 12.1 Å². The van der Waals surface area contributed by atoms with E-state index in [1.807, 2.05) is 0 Å². The van der Waals surface area contributed by atoms with E-state index in [1.54, 1.807) is 0 Å². The maximum absolute atomic E-state index is 13.5.